The Kier molecular flexibility index (Phi) is 6.11. The number of halogens is 2. The zero-order chi connectivity index (χ0) is 24.8. The van der Waals surface area contributed by atoms with Crippen molar-refractivity contribution in [1.82, 2.24) is 20.2 Å². The summed E-state index contributed by atoms with van der Waals surface area (Å²) >= 11 is 0. The van der Waals surface area contributed by atoms with Gasteiger partial charge in [-0.3, -0.25) is 9.59 Å². The smallest absolute Gasteiger partial charge is 0.272 e. The lowest BCUT2D eigenvalue weighted by atomic mass is 9.91. The van der Waals surface area contributed by atoms with Gasteiger partial charge in [-0.05, 0) is 25.0 Å². The van der Waals surface area contributed by atoms with Crippen molar-refractivity contribution in [3.05, 3.63) is 47.4 Å². The molecule has 1 aliphatic heterocycles. The number of dihydropyridines is 1. The summed E-state index contributed by atoms with van der Waals surface area (Å²) < 4.78 is 26.4. The lowest BCUT2D eigenvalue weighted by Crippen LogP contribution is -2.37. The third-order valence-corrected chi connectivity index (χ3v) is 6.10. The molecule has 3 unspecified atom stereocenters. The number of hydrogen-bond donors (Lipinski definition) is 3. The number of fused-ring (bicyclic) bond motifs is 1. The van der Waals surface area contributed by atoms with Gasteiger partial charge >= 0.3 is 0 Å². The van der Waals surface area contributed by atoms with Crippen LogP contribution in [0.3, 0.4) is 0 Å². The molecule has 0 bridgehead atoms. The molecule has 3 atom stereocenters. The van der Waals surface area contributed by atoms with E-state index < -0.39 is 30.3 Å². The molecule has 1 fully saturated rings. The number of amides is 2. The van der Waals surface area contributed by atoms with Crippen LogP contribution in [0.2, 0.25) is 0 Å². The van der Waals surface area contributed by atoms with Crippen molar-refractivity contribution in [3.63, 3.8) is 0 Å². The van der Waals surface area contributed by atoms with Gasteiger partial charge in [0, 0.05) is 55.5 Å². The number of aliphatic hydroxyl groups is 1. The number of anilines is 1. The first-order chi connectivity index (χ1) is 16.0. The van der Waals surface area contributed by atoms with E-state index in [1.807, 2.05) is 19.9 Å². The van der Waals surface area contributed by atoms with Crippen LogP contribution in [0, 0.1) is 5.92 Å². The topological polar surface area (TPSA) is 107 Å². The van der Waals surface area contributed by atoms with Crippen LogP contribution in [0.15, 0.2) is 36.2 Å². The Morgan fingerprint density at radius 2 is 2.06 bits per heavy atom. The molecule has 3 N–H and O–H groups in total. The van der Waals surface area contributed by atoms with Gasteiger partial charge in [-0.1, -0.05) is 13.0 Å². The molecule has 1 aliphatic carbocycles. The van der Waals surface area contributed by atoms with Gasteiger partial charge in [0.15, 0.2) is 0 Å². The quantitative estimate of drug-likeness (QED) is 0.598. The van der Waals surface area contributed by atoms with Gasteiger partial charge in [0.25, 0.3) is 11.8 Å². The number of aromatic nitrogens is 2. The van der Waals surface area contributed by atoms with Gasteiger partial charge in [0.2, 0.25) is 5.91 Å². The fraction of sp³-hybridized carbons (Fsp3) is 0.417. The molecule has 2 aromatic rings. The number of pyridine rings is 2. The fourth-order valence-electron chi connectivity index (χ4n) is 3.89. The van der Waals surface area contributed by atoms with Gasteiger partial charge in [-0.25, -0.2) is 18.7 Å². The lowest BCUT2D eigenvalue weighted by molar-refractivity contribution is -0.119. The molecule has 0 saturated heterocycles. The number of carbonyl (C=O) groups excluding carboxylic acids is 2. The van der Waals surface area contributed by atoms with Gasteiger partial charge in [-0.2, -0.15) is 0 Å². The summed E-state index contributed by atoms with van der Waals surface area (Å²) in [5.41, 5.74) is 2.82. The van der Waals surface area contributed by atoms with E-state index in [0.29, 0.717) is 22.9 Å². The van der Waals surface area contributed by atoms with E-state index in [-0.39, 0.29) is 23.5 Å². The van der Waals surface area contributed by atoms with Crippen molar-refractivity contribution in [2.24, 2.45) is 5.92 Å². The number of alkyl halides is 2. The second-order valence-corrected chi connectivity index (χ2v) is 8.93. The van der Waals surface area contributed by atoms with E-state index in [1.54, 1.807) is 26.4 Å². The Morgan fingerprint density at radius 1 is 1.35 bits per heavy atom. The highest BCUT2D eigenvalue weighted by molar-refractivity contribution is 6.02. The molecule has 0 aromatic carbocycles. The Balaban J connectivity index is 1.72. The molecule has 34 heavy (non-hydrogen) atoms. The third kappa shape index (κ3) is 4.50. The molecule has 0 radical (unpaired) electrons. The van der Waals surface area contributed by atoms with Crippen molar-refractivity contribution >= 4 is 34.1 Å². The first-order valence-electron chi connectivity index (χ1n) is 11.1. The van der Waals surface area contributed by atoms with Crippen LogP contribution in [0.4, 0.5) is 14.6 Å². The molecule has 2 aliphatic rings. The summed E-state index contributed by atoms with van der Waals surface area (Å²) in [6.45, 7) is 3.80. The van der Waals surface area contributed by atoms with Crippen LogP contribution >= 0.6 is 0 Å². The summed E-state index contributed by atoms with van der Waals surface area (Å²) in [5, 5.41) is 16.4. The molecule has 8 nitrogen and oxygen atoms in total. The minimum atomic E-state index is -2.97. The highest BCUT2D eigenvalue weighted by atomic mass is 19.3. The number of rotatable bonds is 6. The average Bonchev–Trinajstić information content (AvgIpc) is 3.45. The largest absolute Gasteiger partial charge is 0.391 e. The second kappa shape index (κ2) is 8.75. The van der Waals surface area contributed by atoms with Crippen molar-refractivity contribution in [2.75, 3.05) is 19.4 Å². The highest BCUT2D eigenvalue weighted by Crippen LogP contribution is 2.49. The standard InChI is InChI=1S/C24H27F2N5O3/c1-5-19(32)18-6-12(2)15(11-27-18)14-7-13-10-28-20(30-22(33)16-9-24(16,25)26)8-17(13)29-21(14)23(34)31(3)4/h6-8,10-11,16,18-19,27,32H,5,9H2,1-4H3,(H,28,30,33). The van der Waals surface area contributed by atoms with Crippen LogP contribution in [-0.4, -0.2) is 64.0 Å². The summed E-state index contributed by atoms with van der Waals surface area (Å²) in [5.74, 6) is -5.34. The van der Waals surface area contributed by atoms with E-state index in [1.165, 1.54) is 17.2 Å². The molecule has 1 saturated carbocycles. The number of nitrogens with zero attached hydrogens (tertiary/aromatic N) is 3. The molecular weight excluding hydrogens is 444 g/mol. The van der Waals surface area contributed by atoms with Crippen LogP contribution in [0.25, 0.3) is 16.5 Å². The van der Waals surface area contributed by atoms with E-state index in [2.05, 4.69) is 20.6 Å². The van der Waals surface area contributed by atoms with Crippen molar-refractivity contribution < 1.29 is 23.5 Å². The second-order valence-electron chi connectivity index (χ2n) is 8.93. The first kappa shape index (κ1) is 23.7. The predicted octanol–water partition coefficient (Wildman–Crippen LogP) is 2.96. The van der Waals surface area contributed by atoms with Crippen LogP contribution in [-0.2, 0) is 4.79 Å². The molecule has 10 heteroatoms. The van der Waals surface area contributed by atoms with Crippen molar-refractivity contribution in [1.29, 1.82) is 0 Å². The maximum atomic E-state index is 13.2. The van der Waals surface area contributed by atoms with Crippen LogP contribution in [0.1, 0.15) is 42.7 Å². The van der Waals surface area contributed by atoms with Gasteiger partial charge in [-0.15, -0.1) is 0 Å². The van der Waals surface area contributed by atoms with Gasteiger partial charge in [0.05, 0.1) is 17.7 Å². The number of nitrogens with one attached hydrogen (secondary N) is 2. The van der Waals surface area contributed by atoms with E-state index in [9.17, 15) is 23.5 Å². The monoisotopic (exact) mass is 471 g/mol. The van der Waals surface area contributed by atoms with Crippen molar-refractivity contribution in [3.8, 4) is 0 Å². The minimum Gasteiger partial charge on any atom is -0.391 e. The molecule has 2 amide bonds. The summed E-state index contributed by atoms with van der Waals surface area (Å²) in [6, 6.07) is 3.02. The normalized spacial score (nSPS) is 21.7. The maximum absolute atomic E-state index is 13.2. The Hall–Kier alpha value is -3.40. The first-order valence-corrected chi connectivity index (χ1v) is 11.1. The third-order valence-electron chi connectivity index (χ3n) is 6.10. The number of carbonyl (C=O) groups is 2. The number of allylic oxidation sites excluding steroid dienone is 2. The summed E-state index contributed by atoms with van der Waals surface area (Å²) in [7, 11) is 3.24. The molecule has 180 valence electrons. The fourth-order valence-corrected chi connectivity index (χ4v) is 3.89. The maximum Gasteiger partial charge on any atom is 0.272 e. The summed E-state index contributed by atoms with van der Waals surface area (Å²) in [6.07, 6.45) is 4.75. The lowest BCUT2D eigenvalue weighted by Gasteiger charge is -2.26. The Bertz CT molecular complexity index is 1220. The van der Waals surface area contributed by atoms with E-state index in [0.717, 1.165) is 11.1 Å². The molecule has 4 rings (SSSR count). The van der Waals surface area contributed by atoms with E-state index in [4.69, 9.17) is 0 Å². The van der Waals surface area contributed by atoms with Gasteiger partial charge < -0.3 is 20.6 Å². The number of aliphatic hydroxyl groups excluding tert-OH is 1. The Labute approximate surface area is 195 Å². The highest BCUT2D eigenvalue weighted by Gasteiger charge is 2.61. The van der Waals surface area contributed by atoms with Gasteiger partial charge in [0.1, 0.15) is 17.4 Å². The molecule has 0 spiro atoms. The SMILES string of the molecule is CCC(O)C1C=C(C)C(c2cc3cnc(NC(=O)C4CC4(F)F)cc3nc2C(=O)N(C)C)=CN1. The number of hydrogen-bond acceptors (Lipinski definition) is 6. The minimum absolute atomic E-state index is 0.0923. The summed E-state index contributed by atoms with van der Waals surface area (Å²) in [4.78, 5) is 35.2. The average molecular weight is 472 g/mol. The molecular formula is C24H27F2N5O3. The zero-order valence-corrected chi connectivity index (χ0v) is 19.4. The predicted molar refractivity (Wildman–Crippen MR) is 124 cm³/mol. The van der Waals surface area contributed by atoms with E-state index >= 15 is 0 Å². The Morgan fingerprint density at radius 3 is 2.65 bits per heavy atom. The zero-order valence-electron chi connectivity index (χ0n) is 19.4. The van der Waals surface area contributed by atoms with Crippen LogP contribution < -0.4 is 10.6 Å². The van der Waals surface area contributed by atoms with Crippen molar-refractivity contribution in [2.45, 2.75) is 44.8 Å². The van der Waals surface area contributed by atoms with Crippen LogP contribution in [0.5, 0.6) is 0 Å². The molecule has 2 aromatic heterocycles. The molecule has 3 heterocycles.